The summed E-state index contributed by atoms with van der Waals surface area (Å²) in [5.41, 5.74) is 1.42. The molecule has 184 valence electrons. The Balaban J connectivity index is 0.000000166. The average Bonchev–Trinajstić information content (AvgIpc) is 3.14. The first-order chi connectivity index (χ1) is 16.0. The van der Waals surface area contributed by atoms with Crippen molar-refractivity contribution in [1.29, 1.82) is 0 Å². The molecule has 0 amide bonds. The van der Waals surface area contributed by atoms with Gasteiger partial charge in [-0.2, -0.15) is 0 Å². The lowest BCUT2D eigenvalue weighted by Crippen LogP contribution is -3.25. The summed E-state index contributed by atoms with van der Waals surface area (Å²) < 4.78 is 32.7. The lowest BCUT2D eigenvalue weighted by Gasteiger charge is -2.44. The number of carbonyl (C=O) groups is 1. The van der Waals surface area contributed by atoms with Gasteiger partial charge in [0.15, 0.2) is 6.10 Å². The van der Waals surface area contributed by atoms with Gasteiger partial charge < -0.3 is 14.6 Å². The summed E-state index contributed by atoms with van der Waals surface area (Å²) in [6, 6.07) is 21.8. The van der Waals surface area contributed by atoms with Gasteiger partial charge in [-0.3, -0.25) is 4.79 Å². The molecule has 2 aromatic carbocycles. The van der Waals surface area contributed by atoms with Crippen molar-refractivity contribution >= 4 is 15.9 Å². The Morgan fingerprint density at radius 1 is 1.06 bits per heavy atom. The molecular weight excluding hydrogens is 450 g/mol. The fourth-order valence-corrected chi connectivity index (χ4v) is 7.67. The second-order valence-electron chi connectivity index (χ2n) is 10.8. The number of quaternary nitrogens is 1. The Morgan fingerprint density at radius 2 is 1.59 bits per heavy atom. The molecule has 2 aliphatic carbocycles. The number of nitrogens with one attached hydrogen (secondary N) is 1. The van der Waals surface area contributed by atoms with Crippen molar-refractivity contribution in [2.45, 2.75) is 58.2 Å². The summed E-state index contributed by atoms with van der Waals surface area (Å²) in [6.07, 6.45) is 1.71. The van der Waals surface area contributed by atoms with Crippen LogP contribution in [0, 0.1) is 16.7 Å². The van der Waals surface area contributed by atoms with E-state index >= 15 is 0 Å². The number of aliphatic hydroxyl groups is 1. The summed E-state index contributed by atoms with van der Waals surface area (Å²) in [5, 5.41) is 9.81. The van der Waals surface area contributed by atoms with Gasteiger partial charge in [0.2, 0.25) is 0 Å². The molecule has 2 aromatic rings. The SMILES string of the molecule is CC1(C)[C@@H]2CC[C@]1(CS(=O)(=O)[O-])C(=O)C2.C[C@H]1[C@H](O)C[NH+]1C(c1ccccc1)c1ccccc1. The Bertz CT molecular complexity index is 1080. The van der Waals surface area contributed by atoms with E-state index in [0.29, 0.717) is 24.9 Å². The zero-order valence-corrected chi connectivity index (χ0v) is 20.9. The van der Waals surface area contributed by atoms with E-state index < -0.39 is 21.3 Å². The minimum Gasteiger partial charge on any atom is -0.748 e. The maximum Gasteiger partial charge on any atom is 0.154 e. The molecule has 0 spiro atoms. The average molecular weight is 486 g/mol. The number of carbonyl (C=O) groups excluding carboxylic acids is 1. The summed E-state index contributed by atoms with van der Waals surface area (Å²) in [4.78, 5) is 13.3. The summed E-state index contributed by atoms with van der Waals surface area (Å²) in [7, 11) is -4.33. The smallest absolute Gasteiger partial charge is 0.154 e. The number of aliphatic hydroxyl groups excluding tert-OH is 1. The van der Waals surface area contributed by atoms with Crippen molar-refractivity contribution in [2.75, 3.05) is 12.3 Å². The maximum atomic E-state index is 11.8. The van der Waals surface area contributed by atoms with Crippen molar-refractivity contribution < 1.29 is 27.8 Å². The van der Waals surface area contributed by atoms with E-state index in [1.54, 1.807) is 0 Å². The van der Waals surface area contributed by atoms with Crippen LogP contribution in [0.25, 0.3) is 0 Å². The highest BCUT2D eigenvalue weighted by atomic mass is 32.2. The molecule has 34 heavy (non-hydrogen) atoms. The van der Waals surface area contributed by atoms with Gasteiger partial charge in [-0.25, -0.2) is 8.42 Å². The van der Waals surface area contributed by atoms with Crippen LogP contribution in [0.15, 0.2) is 60.7 Å². The summed E-state index contributed by atoms with van der Waals surface area (Å²) in [5.74, 6) is -0.280. The molecule has 5 rings (SSSR count). The fourth-order valence-electron chi connectivity index (χ4n) is 6.39. The lowest BCUT2D eigenvalue weighted by molar-refractivity contribution is -0.997. The number of likely N-dealkylation sites (tertiary alicyclic amines) is 1. The predicted octanol–water partition coefficient (Wildman–Crippen LogP) is 2.35. The van der Waals surface area contributed by atoms with Gasteiger partial charge in [-0.1, -0.05) is 74.5 Å². The molecule has 0 radical (unpaired) electrons. The van der Waals surface area contributed by atoms with Gasteiger partial charge in [0, 0.05) is 23.0 Å². The van der Waals surface area contributed by atoms with Crippen LogP contribution >= 0.6 is 0 Å². The number of ketones is 1. The van der Waals surface area contributed by atoms with E-state index in [1.807, 2.05) is 13.8 Å². The van der Waals surface area contributed by atoms with E-state index in [4.69, 9.17) is 0 Å². The van der Waals surface area contributed by atoms with Crippen LogP contribution in [0.2, 0.25) is 0 Å². The molecule has 1 heterocycles. The molecule has 6 nitrogen and oxygen atoms in total. The number of Topliss-reactive ketones (excluding diaryl/α,β-unsaturated/α-hetero) is 1. The Morgan fingerprint density at radius 3 is 1.94 bits per heavy atom. The highest BCUT2D eigenvalue weighted by Gasteiger charge is 2.64. The van der Waals surface area contributed by atoms with Crippen molar-refractivity contribution in [3.8, 4) is 0 Å². The van der Waals surface area contributed by atoms with Gasteiger partial charge in [0.25, 0.3) is 0 Å². The number of hydrogen-bond donors (Lipinski definition) is 2. The normalized spacial score (nSPS) is 31.6. The quantitative estimate of drug-likeness (QED) is 0.634. The van der Waals surface area contributed by atoms with E-state index in [0.717, 1.165) is 13.0 Å². The zero-order chi connectivity index (χ0) is 24.7. The third kappa shape index (κ3) is 4.47. The predicted molar refractivity (Wildman–Crippen MR) is 129 cm³/mol. The third-order valence-electron chi connectivity index (χ3n) is 8.81. The van der Waals surface area contributed by atoms with Crippen molar-refractivity contribution in [3.63, 3.8) is 0 Å². The Hall–Kier alpha value is -2.06. The molecule has 1 saturated heterocycles. The first kappa shape index (κ1) is 25.0. The van der Waals surface area contributed by atoms with Gasteiger partial charge in [-0.15, -0.1) is 0 Å². The van der Waals surface area contributed by atoms with Gasteiger partial charge >= 0.3 is 0 Å². The van der Waals surface area contributed by atoms with Crippen LogP contribution in [0.5, 0.6) is 0 Å². The Kier molecular flexibility index (Phi) is 6.77. The van der Waals surface area contributed by atoms with Crippen molar-refractivity contribution in [2.24, 2.45) is 16.7 Å². The fraction of sp³-hybridized carbons (Fsp3) is 0.519. The van der Waals surface area contributed by atoms with E-state index in [9.17, 15) is 22.9 Å². The molecule has 0 aromatic heterocycles. The van der Waals surface area contributed by atoms with Gasteiger partial charge in [0.05, 0.1) is 15.9 Å². The second kappa shape index (κ2) is 9.19. The van der Waals surface area contributed by atoms with E-state index in [-0.39, 0.29) is 23.2 Å². The third-order valence-corrected chi connectivity index (χ3v) is 9.65. The molecule has 5 atom stereocenters. The van der Waals surface area contributed by atoms with Crippen LogP contribution in [-0.2, 0) is 14.9 Å². The number of benzene rings is 2. The minimum atomic E-state index is -4.33. The molecule has 2 bridgehead atoms. The second-order valence-corrected chi connectivity index (χ2v) is 12.2. The van der Waals surface area contributed by atoms with Crippen LogP contribution < -0.4 is 4.90 Å². The maximum absolute atomic E-state index is 11.8. The van der Waals surface area contributed by atoms with Crippen molar-refractivity contribution in [3.05, 3.63) is 71.8 Å². The van der Waals surface area contributed by atoms with Crippen LogP contribution in [0.1, 0.15) is 57.2 Å². The van der Waals surface area contributed by atoms with E-state index in [2.05, 4.69) is 67.6 Å². The number of hydrogen-bond acceptors (Lipinski definition) is 5. The molecule has 2 N–H and O–H groups in total. The molecule has 7 heteroatoms. The number of rotatable bonds is 5. The molecule has 2 saturated carbocycles. The molecule has 3 fully saturated rings. The number of fused-ring (bicyclic) bond motifs is 2. The lowest BCUT2D eigenvalue weighted by atomic mass is 9.70. The zero-order valence-electron chi connectivity index (χ0n) is 20.1. The minimum absolute atomic E-state index is 0.0248. The van der Waals surface area contributed by atoms with Gasteiger partial charge in [-0.05, 0) is 31.1 Å². The molecule has 3 aliphatic rings. The monoisotopic (exact) mass is 485 g/mol. The highest BCUT2D eigenvalue weighted by Crippen LogP contribution is 2.64. The topological polar surface area (TPSA) is 98.9 Å². The first-order valence-electron chi connectivity index (χ1n) is 12.1. The standard InChI is InChI=1S/C17H19NO.C10H16O4S/c1-13-16(19)12-18(13)17(14-8-4-2-5-9-14)15-10-6-3-7-11-15;1-9(2)7-3-4-10(9,8(11)5-7)6-15(12,13)14/h2-11,13,16-17,19H,12H2,1H3;7H,3-6H2,1-2H3,(H,12,13,14)/t13-,16+;7-,10+/m01/s1. The van der Waals surface area contributed by atoms with Gasteiger partial charge in [0.1, 0.15) is 24.4 Å². The molecule has 1 aliphatic heterocycles. The molecular formula is C27H35NO5S. The van der Waals surface area contributed by atoms with Crippen molar-refractivity contribution in [1.82, 2.24) is 0 Å². The summed E-state index contributed by atoms with van der Waals surface area (Å²) in [6.45, 7) is 6.79. The summed E-state index contributed by atoms with van der Waals surface area (Å²) >= 11 is 0. The van der Waals surface area contributed by atoms with E-state index in [1.165, 1.54) is 16.0 Å². The van der Waals surface area contributed by atoms with Crippen LogP contribution in [0.3, 0.4) is 0 Å². The largest absolute Gasteiger partial charge is 0.748 e. The first-order valence-corrected chi connectivity index (χ1v) is 13.6. The van der Waals surface area contributed by atoms with Crippen LogP contribution in [0.4, 0.5) is 0 Å². The van der Waals surface area contributed by atoms with Crippen LogP contribution in [-0.4, -0.2) is 48.3 Å². The molecule has 1 unspecified atom stereocenters. The highest BCUT2D eigenvalue weighted by molar-refractivity contribution is 7.85. The Labute approximate surface area is 202 Å².